The van der Waals surface area contributed by atoms with Crippen molar-refractivity contribution in [1.82, 2.24) is 4.98 Å². The Kier molecular flexibility index (Phi) is 7.26. The minimum absolute atomic E-state index is 0.0355. The van der Waals surface area contributed by atoms with Crippen LogP contribution in [-0.2, 0) is 19.5 Å². The highest BCUT2D eigenvalue weighted by Crippen LogP contribution is 2.54. The van der Waals surface area contributed by atoms with Gasteiger partial charge < -0.3 is 19.7 Å². The third-order valence-electron chi connectivity index (χ3n) is 6.57. The van der Waals surface area contributed by atoms with Crippen LogP contribution in [0.1, 0.15) is 37.9 Å². The third kappa shape index (κ3) is 4.21. The maximum Gasteiger partial charge on any atom is 0.543 e. The molecular formula is C28H26FNO7P+. The summed E-state index contributed by atoms with van der Waals surface area (Å²) in [5, 5.41) is 19.6. The van der Waals surface area contributed by atoms with Crippen molar-refractivity contribution in [2.24, 2.45) is 0 Å². The minimum Gasteiger partial charge on any atom is -0.477 e. The van der Waals surface area contributed by atoms with E-state index in [2.05, 4.69) is 5.92 Å². The molecule has 1 aliphatic heterocycles. The molecule has 0 radical (unpaired) electrons. The number of carboxylic acid groups (broad SMARTS) is 1. The number of carbonyl (C=O) groups is 1. The predicted octanol–water partition coefficient (Wildman–Crippen LogP) is 5.46. The summed E-state index contributed by atoms with van der Waals surface area (Å²) in [7, 11) is -2.06. The standard InChI is InChI=1S/C28H25FNO7P/c1-6-28(26(31)32,38(34)35-5)27(4,33)23-20(17-10-12-18(29)13-11-17)14-21(30-24(23)16(2)3)19-8-7-9-22-25(19)37-15-36-22/h1,7-14,16,33H,15H2,2-5H3/p+1. The van der Waals surface area contributed by atoms with Crippen LogP contribution in [-0.4, -0.2) is 40.2 Å². The maximum atomic E-state index is 13.9. The first kappa shape index (κ1) is 27.2. The molecule has 0 aliphatic carbocycles. The number of aliphatic hydroxyl groups is 1. The fourth-order valence-electron chi connectivity index (χ4n) is 4.66. The SMILES string of the molecule is C#CC(C(=O)O)([P+](=O)OC)C(C)(O)c1c(-c2ccc(F)cc2)cc(-c2cccc3c2OCO3)nc1C(C)C. The number of benzene rings is 2. The van der Waals surface area contributed by atoms with Gasteiger partial charge >= 0.3 is 19.2 Å². The Hall–Kier alpha value is -3.83. The van der Waals surface area contributed by atoms with E-state index in [0.717, 1.165) is 7.11 Å². The van der Waals surface area contributed by atoms with Gasteiger partial charge in [0.15, 0.2) is 17.1 Å². The zero-order chi connectivity index (χ0) is 27.8. The summed E-state index contributed by atoms with van der Waals surface area (Å²) in [6.45, 7) is 4.84. The molecule has 3 atom stereocenters. The van der Waals surface area contributed by atoms with Crippen molar-refractivity contribution in [2.75, 3.05) is 13.9 Å². The summed E-state index contributed by atoms with van der Waals surface area (Å²) >= 11 is 0. The molecule has 3 unspecified atom stereocenters. The van der Waals surface area contributed by atoms with Crippen molar-refractivity contribution < 1.29 is 38.0 Å². The van der Waals surface area contributed by atoms with E-state index in [4.69, 9.17) is 25.4 Å². The smallest absolute Gasteiger partial charge is 0.477 e. The Morgan fingerprint density at radius 3 is 2.47 bits per heavy atom. The maximum absolute atomic E-state index is 13.9. The van der Waals surface area contributed by atoms with Crippen LogP contribution < -0.4 is 9.47 Å². The number of aliphatic carboxylic acids is 1. The zero-order valence-electron chi connectivity index (χ0n) is 21.2. The number of rotatable bonds is 8. The van der Waals surface area contributed by atoms with Crippen molar-refractivity contribution in [3.05, 3.63) is 65.6 Å². The molecule has 10 heteroatoms. The Bertz CT molecular complexity index is 1460. The van der Waals surface area contributed by atoms with Crippen molar-refractivity contribution in [2.45, 2.75) is 37.4 Å². The van der Waals surface area contributed by atoms with Gasteiger partial charge in [0.1, 0.15) is 5.82 Å². The van der Waals surface area contributed by atoms with Crippen LogP contribution in [0.3, 0.4) is 0 Å². The Morgan fingerprint density at radius 1 is 1.21 bits per heavy atom. The molecule has 2 aromatic carbocycles. The molecule has 0 bridgehead atoms. The molecular weight excluding hydrogens is 512 g/mol. The van der Waals surface area contributed by atoms with Crippen molar-refractivity contribution in [1.29, 1.82) is 0 Å². The van der Waals surface area contributed by atoms with E-state index in [9.17, 15) is 24.0 Å². The first-order valence-corrected chi connectivity index (χ1v) is 12.8. The van der Waals surface area contributed by atoms with Crippen LogP contribution in [0.2, 0.25) is 0 Å². The number of terminal acetylenes is 1. The number of pyridine rings is 1. The van der Waals surface area contributed by atoms with Crippen LogP contribution in [0.5, 0.6) is 11.5 Å². The first-order chi connectivity index (χ1) is 18.0. The molecule has 0 saturated heterocycles. The molecule has 0 fully saturated rings. The molecule has 0 spiro atoms. The average molecular weight is 538 g/mol. The minimum atomic E-state index is -3.11. The second kappa shape index (κ2) is 10.1. The predicted molar refractivity (Wildman–Crippen MR) is 139 cm³/mol. The number of halogens is 1. The Morgan fingerprint density at radius 2 is 1.89 bits per heavy atom. The van der Waals surface area contributed by atoms with Gasteiger partial charge in [0, 0.05) is 11.1 Å². The molecule has 2 N–H and O–H groups in total. The molecule has 0 saturated carbocycles. The number of ether oxygens (including phenoxy) is 2. The highest BCUT2D eigenvalue weighted by Gasteiger charge is 2.71. The van der Waals surface area contributed by atoms with Gasteiger partial charge in [0.05, 0.1) is 18.5 Å². The van der Waals surface area contributed by atoms with Crippen LogP contribution in [0.25, 0.3) is 22.4 Å². The summed E-state index contributed by atoms with van der Waals surface area (Å²) < 4.78 is 43.0. The second-order valence-corrected chi connectivity index (χ2v) is 10.7. The monoisotopic (exact) mass is 538 g/mol. The van der Waals surface area contributed by atoms with E-state index in [1.807, 2.05) is 13.8 Å². The van der Waals surface area contributed by atoms with Gasteiger partial charge in [0.25, 0.3) is 0 Å². The topological polar surface area (TPSA) is 115 Å². The summed E-state index contributed by atoms with van der Waals surface area (Å²) in [6, 6.07) is 12.4. The summed E-state index contributed by atoms with van der Waals surface area (Å²) in [6.07, 6.45) is 5.67. The van der Waals surface area contributed by atoms with Crippen LogP contribution in [0, 0.1) is 18.2 Å². The first-order valence-electron chi connectivity index (χ1n) is 11.6. The molecule has 1 aromatic heterocycles. The highest BCUT2D eigenvalue weighted by molar-refractivity contribution is 7.43. The number of fused-ring (bicyclic) bond motifs is 1. The van der Waals surface area contributed by atoms with E-state index in [0.29, 0.717) is 39.6 Å². The lowest BCUT2D eigenvalue weighted by atomic mass is 9.76. The molecule has 4 rings (SSSR count). The molecule has 196 valence electrons. The molecule has 38 heavy (non-hydrogen) atoms. The largest absolute Gasteiger partial charge is 0.543 e. The van der Waals surface area contributed by atoms with Gasteiger partial charge in [-0.05, 0) is 64.8 Å². The fourth-order valence-corrected chi connectivity index (χ4v) is 5.66. The third-order valence-corrected chi connectivity index (χ3v) is 8.21. The average Bonchev–Trinajstić information content (AvgIpc) is 3.37. The molecule has 0 amide bonds. The zero-order valence-corrected chi connectivity index (χ0v) is 22.1. The van der Waals surface area contributed by atoms with Crippen molar-refractivity contribution in [3.63, 3.8) is 0 Å². The van der Waals surface area contributed by atoms with E-state index in [1.54, 1.807) is 24.3 Å². The quantitative estimate of drug-likeness (QED) is 0.287. The van der Waals surface area contributed by atoms with Gasteiger partial charge in [-0.3, -0.25) is 4.98 Å². The van der Waals surface area contributed by atoms with Crippen molar-refractivity contribution in [3.8, 4) is 46.2 Å². The lowest BCUT2D eigenvalue weighted by Crippen LogP contribution is -2.53. The highest BCUT2D eigenvalue weighted by atomic mass is 31.1. The number of carboxylic acids is 1. The molecule has 8 nitrogen and oxygen atoms in total. The number of aromatic nitrogens is 1. The van der Waals surface area contributed by atoms with Crippen LogP contribution >= 0.6 is 8.03 Å². The van der Waals surface area contributed by atoms with E-state index >= 15 is 0 Å². The number of hydrogen-bond acceptors (Lipinski definition) is 7. The van der Waals surface area contributed by atoms with Crippen LogP contribution in [0.15, 0.2) is 48.5 Å². The lowest BCUT2D eigenvalue weighted by Gasteiger charge is -2.34. The van der Waals surface area contributed by atoms with Crippen LogP contribution in [0.4, 0.5) is 4.39 Å². The fraction of sp³-hybridized carbons (Fsp3) is 0.286. The Balaban J connectivity index is 2.14. The van der Waals surface area contributed by atoms with Gasteiger partial charge in [-0.1, -0.05) is 32.0 Å². The van der Waals surface area contributed by atoms with Gasteiger partial charge in [-0.25, -0.2) is 9.18 Å². The molecule has 1 aliphatic rings. The Labute approximate surface area is 220 Å². The van der Waals surface area contributed by atoms with Crippen molar-refractivity contribution >= 4 is 14.0 Å². The van der Waals surface area contributed by atoms with Gasteiger partial charge in [-0.15, -0.1) is 10.9 Å². The van der Waals surface area contributed by atoms with Gasteiger partial charge in [-0.2, -0.15) is 0 Å². The van der Waals surface area contributed by atoms with E-state index < -0.39 is 30.6 Å². The number of para-hydroxylation sites is 1. The summed E-state index contributed by atoms with van der Waals surface area (Å²) in [5.41, 5.74) is -0.323. The second-order valence-electron chi connectivity index (χ2n) is 9.19. The van der Waals surface area contributed by atoms with Gasteiger partial charge in [0.2, 0.25) is 6.79 Å². The summed E-state index contributed by atoms with van der Waals surface area (Å²) in [5.74, 6) is 0.505. The molecule has 2 heterocycles. The summed E-state index contributed by atoms with van der Waals surface area (Å²) in [4.78, 5) is 17.4. The van der Waals surface area contributed by atoms with E-state index in [1.165, 1.54) is 31.2 Å². The lowest BCUT2D eigenvalue weighted by molar-refractivity contribution is -0.145. The normalized spacial score (nSPS) is 15.9. The molecule has 3 aromatic rings. The van der Waals surface area contributed by atoms with E-state index in [-0.39, 0.29) is 18.3 Å². The number of nitrogens with zero attached hydrogens (tertiary/aromatic N) is 1. The number of hydrogen-bond donors (Lipinski definition) is 2.